The number of para-hydroxylation sites is 2. The Bertz CT molecular complexity index is 1280. The lowest BCUT2D eigenvalue weighted by molar-refractivity contribution is -0.111. The van der Waals surface area contributed by atoms with E-state index in [0.717, 1.165) is 0 Å². The van der Waals surface area contributed by atoms with Crippen LogP contribution in [0, 0.1) is 12.3 Å². The number of rotatable bonds is 7. The molecule has 12 heteroatoms. The van der Waals surface area contributed by atoms with Crippen molar-refractivity contribution in [2.75, 3.05) is 42.1 Å². The number of benzene rings is 2. The molecule has 1 aromatic heterocycles. The van der Waals surface area contributed by atoms with Gasteiger partial charge >= 0.3 is 6.03 Å². The highest BCUT2D eigenvalue weighted by Gasteiger charge is 2.22. The fraction of sp³-hybridized carbons (Fsp3) is 0.130. The molecule has 180 valence electrons. The molecule has 3 amide bonds. The van der Waals surface area contributed by atoms with Crippen LogP contribution in [-0.4, -0.2) is 43.2 Å². The van der Waals surface area contributed by atoms with Crippen LogP contribution < -0.4 is 30.3 Å². The lowest BCUT2D eigenvalue weighted by atomic mass is 10.2. The summed E-state index contributed by atoms with van der Waals surface area (Å²) in [6.45, 7) is 0. The van der Waals surface area contributed by atoms with Gasteiger partial charge in [-0.3, -0.25) is 9.69 Å². The molecule has 10 nitrogen and oxygen atoms in total. The number of urea groups is 1. The first-order valence-corrected chi connectivity index (χ1v) is 10.6. The average Bonchev–Trinajstić information content (AvgIpc) is 2.87. The lowest BCUT2D eigenvalue weighted by Gasteiger charge is -2.20. The number of terminal acetylenes is 1. The fourth-order valence-electron chi connectivity index (χ4n) is 2.89. The normalized spacial score (nSPS) is 10.1. The van der Waals surface area contributed by atoms with E-state index in [1.54, 1.807) is 24.3 Å². The number of anilines is 5. The Balaban J connectivity index is 1.83. The lowest BCUT2D eigenvalue weighted by Crippen LogP contribution is -2.32. The van der Waals surface area contributed by atoms with Crippen molar-refractivity contribution >= 4 is 63.8 Å². The van der Waals surface area contributed by atoms with E-state index in [9.17, 15) is 9.59 Å². The van der Waals surface area contributed by atoms with Crippen LogP contribution >= 0.6 is 23.2 Å². The molecule has 0 saturated heterocycles. The summed E-state index contributed by atoms with van der Waals surface area (Å²) in [4.78, 5) is 34.1. The SMILES string of the molecule is C#CC(=O)Nc1ccccc1Nc1cc(N(C)C(=O)Nc2c(Cl)c(OC)cc(OC)c2Cl)ncn1. The van der Waals surface area contributed by atoms with Crippen molar-refractivity contribution < 1.29 is 19.1 Å². The van der Waals surface area contributed by atoms with Crippen LogP contribution in [0.1, 0.15) is 0 Å². The predicted octanol–water partition coefficient (Wildman–Crippen LogP) is 4.78. The van der Waals surface area contributed by atoms with E-state index in [1.165, 1.54) is 44.6 Å². The molecular formula is C23H20Cl2N6O4. The zero-order chi connectivity index (χ0) is 25.5. The molecule has 0 spiro atoms. The number of nitrogens with zero attached hydrogens (tertiary/aromatic N) is 3. The molecule has 3 N–H and O–H groups in total. The number of carbonyl (C=O) groups excluding carboxylic acids is 2. The standard InChI is InChI=1S/C23H20Cl2N6O4/c1-5-19(32)29-14-9-7-6-8-13(14)28-17-11-18(27-12-26-17)31(2)23(33)30-22-20(24)15(34-3)10-16(35-4)21(22)25/h1,6-12H,2-4H3,(H,29,32)(H,30,33)(H,26,27,28). The first-order chi connectivity index (χ1) is 16.8. The largest absolute Gasteiger partial charge is 0.495 e. The van der Waals surface area contributed by atoms with E-state index in [0.29, 0.717) is 17.2 Å². The summed E-state index contributed by atoms with van der Waals surface area (Å²) in [7, 11) is 4.36. The first kappa shape index (κ1) is 25.4. The van der Waals surface area contributed by atoms with Gasteiger partial charge in [-0.15, -0.1) is 6.42 Å². The number of hydrogen-bond donors (Lipinski definition) is 3. The van der Waals surface area contributed by atoms with Crippen LogP contribution in [-0.2, 0) is 4.79 Å². The van der Waals surface area contributed by atoms with Gasteiger partial charge in [-0.25, -0.2) is 14.8 Å². The molecular weight excluding hydrogens is 495 g/mol. The summed E-state index contributed by atoms with van der Waals surface area (Å²) in [5, 5.41) is 8.52. The summed E-state index contributed by atoms with van der Waals surface area (Å²) in [6.07, 6.45) is 6.41. The van der Waals surface area contributed by atoms with Gasteiger partial charge in [0.1, 0.15) is 39.5 Å². The number of nitrogens with one attached hydrogen (secondary N) is 3. The Hall–Kier alpha value is -4.20. The van der Waals surface area contributed by atoms with E-state index in [2.05, 4.69) is 25.9 Å². The van der Waals surface area contributed by atoms with E-state index in [1.807, 2.05) is 5.92 Å². The topological polar surface area (TPSA) is 118 Å². The van der Waals surface area contributed by atoms with Gasteiger partial charge in [-0.2, -0.15) is 0 Å². The Labute approximate surface area is 211 Å². The average molecular weight is 515 g/mol. The third-order valence-corrected chi connectivity index (χ3v) is 5.43. The minimum absolute atomic E-state index is 0.107. The van der Waals surface area contributed by atoms with Crippen molar-refractivity contribution in [3.8, 4) is 23.8 Å². The minimum atomic E-state index is -0.592. The molecule has 0 unspecified atom stereocenters. The Morgan fingerprint density at radius 1 is 1.00 bits per heavy atom. The molecule has 0 saturated carbocycles. The zero-order valence-electron chi connectivity index (χ0n) is 18.8. The highest BCUT2D eigenvalue weighted by atomic mass is 35.5. The molecule has 35 heavy (non-hydrogen) atoms. The molecule has 3 rings (SSSR count). The van der Waals surface area contributed by atoms with E-state index in [4.69, 9.17) is 39.1 Å². The monoisotopic (exact) mass is 514 g/mol. The second-order valence-corrected chi connectivity index (χ2v) is 7.56. The number of amides is 3. The van der Waals surface area contributed by atoms with Gasteiger partial charge in [0.2, 0.25) is 0 Å². The van der Waals surface area contributed by atoms with Gasteiger partial charge < -0.3 is 25.4 Å². The van der Waals surface area contributed by atoms with Crippen LogP contribution in [0.5, 0.6) is 11.5 Å². The smallest absolute Gasteiger partial charge is 0.327 e. The highest BCUT2D eigenvalue weighted by Crippen LogP contribution is 2.44. The molecule has 0 bridgehead atoms. The second-order valence-electron chi connectivity index (χ2n) is 6.80. The van der Waals surface area contributed by atoms with Gasteiger partial charge in [0.05, 0.1) is 31.3 Å². The van der Waals surface area contributed by atoms with Gasteiger partial charge in [-0.05, 0) is 18.1 Å². The summed E-state index contributed by atoms with van der Waals surface area (Å²) >= 11 is 12.7. The van der Waals surface area contributed by atoms with Crippen LogP contribution in [0.4, 0.5) is 33.5 Å². The summed E-state index contributed by atoms with van der Waals surface area (Å²) < 4.78 is 10.4. The summed E-state index contributed by atoms with van der Waals surface area (Å²) in [6, 6.07) is 9.37. The van der Waals surface area contributed by atoms with Crippen molar-refractivity contribution in [3.05, 3.63) is 52.8 Å². The van der Waals surface area contributed by atoms with Crippen molar-refractivity contribution in [2.45, 2.75) is 0 Å². The van der Waals surface area contributed by atoms with Crippen LogP contribution in [0.2, 0.25) is 10.0 Å². The molecule has 0 aliphatic rings. The van der Waals surface area contributed by atoms with Crippen molar-refractivity contribution in [1.29, 1.82) is 0 Å². The molecule has 3 aromatic rings. The number of hydrogen-bond acceptors (Lipinski definition) is 7. The Morgan fingerprint density at radius 2 is 1.63 bits per heavy atom. The molecule has 0 atom stereocenters. The van der Waals surface area contributed by atoms with Gasteiger partial charge in [0, 0.05) is 19.2 Å². The molecule has 0 fully saturated rings. The van der Waals surface area contributed by atoms with E-state index < -0.39 is 11.9 Å². The van der Waals surface area contributed by atoms with Crippen molar-refractivity contribution in [2.24, 2.45) is 0 Å². The molecule has 1 heterocycles. The summed E-state index contributed by atoms with van der Waals surface area (Å²) in [5.74, 6) is 2.56. The maximum Gasteiger partial charge on any atom is 0.327 e. The van der Waals surface area contributed by atoms with Crippen LogP contribution in [0.25, 0.3) is 0 Å². The molecule has 0 radical (unpaired) electrons. The van der Waals surface area contributed by atoms with Gasteiger partial charge in [0.25, 0.3) is 5.91 Å². The maximum absolute atomic E-state index is 13.0. The minimum Gasteiger partial charge on any atom is -0.495 e. The number of ether oxygens (including phenoxy) is 2. The molecule has 2 aromatic carbocycles. The molecule has 0 aliphatic heterocycles. The second kappa shape index (κ2) is 11.3. The van der Waals surface area contributed by atoms with Crippen LogP contribution in [0.3, 0.4) is 0 Å². The third-order valence-electron chi connectivity index (χ3n) is 4.68. The first-order valence-electron chi connectivity index (χ1n) is 9.89. The quantitative estimate of drug-likeness (QED) is 0.388. The number of methoxy groups -OCH3 is 2. The number of halogens is 2. The fourth-order valence-corrected chi connectivity index (χ4v) is 3.48. The number of carbonyl (C=O) groups is 2. The maximum atomic E-state index is 13.0. The van der Waals surface area contributed by atoms with Crippen molar-refractivity contribution in [1.82, 2.24) is 9.97 Å². The number of aromatic nitrogens is 2. The van der Waals surface area contributed by atoms with E-state index >= 15 is 0 Å². The van der Waals surface area contributed by atoms with E-state index in [-0.39, 0.29) is 33.0 Å². The predicted molar refractivity (Wildman–Crippen MR) is 136 cm³/mol. The van der Waals surface area contributed by atoms with Gasteiger partial charge in [0.15, 0.2) is 0 Å². The Morgan fingerprint density at radius 3 is 2.23 bits per heavy atom. The van der Waals surface area contributed by atoms with Crippen molar-refractivity contribution in [3.63, 3.8) is 0 Å². The van der Waals surface area contributed by atoms with Gasteiger partial charge in [-0.1, -0.05) is 35.3 Å². The van der Waals surface area contributed by atoms with Crippen LogP contribution in [0.15, 0.2) is 42.7 Å². The molecule has 0 aliphatic carbocycles. The third kappa shape index (κ3) is 5.84. The Kier molecular flexibility index (Phi) is 8.20. The summed E-state index contributed by atoms with van der Waals surface area (Å²) in [5.41, 5.74) is 1.11. The zero-order valence-corrected chi connectivity index (χ0v) is 20.4. The highest BCUT2D eigenvalue weighted by molar-refractivity contribution is 6.41.